The summed E-state index contributed by atoms with van der Waals surface area (Å²) < 4.78 is 6.40. The smallest absolute Gasteiger partial charge is 0.335 e. The van der Waals surface area contributed by atoms with Crippen molar-refractivity contribution in [2.45, 2.75) is 6.92 Å². The number of aryl methyl sites for hydroxylation is 1. The van der Waals surface area contributed by atoms with Crippen LogP contribution < -0.4 is 4.74 Å². The molecule has 1 aromatic carbocycles. The van der Waals surface area contributed by atoms with Crippen molar-refractivity contribution in [1.29, 1.82) is 0 Å². The maximum absolute atomic E-state index is 10.8. The summed E-state index contributed by atoms with van der Waals surface area (Å²) in [5.41, 5.74) is 0.945. The Morgan fingerprint density at radius 1 is 1.33 bits per heavy atom. The highest BCUT2D eigenvalue weighted by Crippen LogP contribution is 2.23. The van der Waals surface area contributed by atoms with Gasteiger partial charge in [0.25, 0.3) is 0 Å². The molecule has 6 heteroatoms. The molecule has 0 saturated carbocycles. The number of nitrogens with zero attached hydrogens (tertiary/aromatic N) is 2. The number of rotatable bonds is 3. The third-order valence-electron chi connectivity index (χ3n) is 2.22. The molecule has 18 heavy (non-hydrogen) atoms. The number of ether oxygens (including phenoxy) is 1. The van der Waals surface area contributed by atoms with Gasteiger partial charge in [0.15, 0.2) is 0 Å². The third kappa shape index (κ3) is 2.95. The molecule has 92 valence electrons. The molecule has 0 atom stereocenters. The van der Waals surface area contributed by atoms with E-state index in [-0.39, 0.29) is 11.6 Å². The Morgan fingerprint density at radius 2 is 2.00 bits per heavy atom. The van der Waals surface area contributed by atoms with E-state index in [9.17, 15) is 4.79 Å². The Hall–Kier alpha value is -1.70. The van der Waals surface area contributed by atoms with Gasteiger partial charge >= 0.3 is 12.0 Å². The van der Waals surface area contributed by atoms with Crippen LogP contribution in [0.15, 0.2) is 30.6 Å². The number of aromatic nitrogens is 2. The highest BCUT2D eigenvalue weighted by Gasteiger charge is 2.08. The SMILES string of the molecule is Cc1cc(C(=O)O)ccc1Oc1ncc(I)cn1. The second-order valence-corrected chi connectivity index (χ2v) is 4.82. The monoisotopic (exact) mass is 356 g/mol. The first kappa shape index (κ1) is 12.7. The van der Waals surface area contributed by atoms with Crippen LogP contribution in [0.5, 0.6) is 11.8 Å². The minimum Gasteiger partial charge on any atom is -0.478 e. The fourth-order valence-electron chi connectivity index (χ4n) is 1.35. The summed E-state index contributed by atoms with van der Waals surface area (Å²) in [6, 6.07) is 4.86. The van der Waals surface area contributed by atoms with E-state index in [1.54, 1.807) is 31.5 Å². The Morgan fingerprint density at radius 3 is 2.56 bits per heavy atom. The number of carbonyl (C=O) groups is 1. The standard InChI is InChI=1S/C12H9IN2O3/c1-7-4-8(11(16)17)2-3-10(7)18-12-14-5-9(13)6-15-12/h2-6H,1H3,(H,16,17). The summed E-state index contributed by atoms with van der Waals surface area (Å²) >= 11 is 2.10. The molecule has 0 aliphatic heterocycles. The number of aromatic carboxylic acids is 1. The largest absolute Gasteiger partial charge is 0.478 e. The molecule has 0 saturated heterocycles. The van der Waals surface area contributed by atoms with Crippen molar-refractivity contribution in [2.24, 2.45) is 0 Å². The minimum atomic E-state index is -0.963. The highest BCUT2D eigenvalue weighted by atomic mass is 127. The zero-order valence-corrected chi connectivity index (χ0v) is 11.6. The summed E-state index contributed by atoms with van der Waals surface area (Å²) in [7, 11) is 0. The molecule has 2 aromatic rings. The zero-order chi connectivity index (χ0) is 13.1. The van der Waals surface area contributed by atoms with E-state index < -0.39 is 5.97 Å². The van der Waals surface area contributed by atoms with E-state index in [4.69, 9.17) is 9.84 Å². The fraction of sp³-hybridized carbons (Fsp3) is 0.0833. The predicted molar refractivity (Wildman–Crippen MR) is 73.0 cm³/mol. The van der Waals surface area contributed by atoms with E-state index in [1.807, 2.05) is 0 Å². The van der Waals surface area contributed by atoms with Crippen LogP contribution in [0.25, 0.3) is 0 Å². The van der Waals surface area contributed by atoms with Gasteiger partial charge in [-0.2, -0.15) is 0 Å². The lowest BCUT2D eigenvalue weighted by Gasteiger charge is -2.07. The maximum atomic E-state index is 10.8. The van der Waals surface area contributed by atoms with Crippen LogP contribution in [0.3, 0.4) is 0 Å². The van der Waals surface area contributed by atoms with Crippen LogP contribution in [-0.2, 0) is 0 Å². The summed E-state index contributed by atoms with van der Waals surface area (Å²) in [5.74, 6) is -0.420. The van der Waals surface area contributed by atoms with E-state index in [0.717, 1.165) is 9.13 Å². The average Bonchev–Trinajstić information content (AvgIpc) is 2.34. The lowest BCUT2D eigenvalue weighted by molar-refractivity contribution is 0.0697. The first-order chi connectivity index (χ1) is 8.56. The van der Waals surface area contributed by atoms with Crippen LogP contribution in [0.1, 0.15) is 15.9 Å². The second-order valence-electron chi connectivity index (χ2n) is 3.57. The number of halogens is 1. The van der Waals surface area contributed by atoms with Crippen LogP contribution in [0.4, 0.5) is 0 Å². The Labute approximate surface area is 117 Å². The molecule has 1 N–H and O–H groups in total. The summed E-state index contributed by atoms with van der Waals surface area (Å²) in [4.78, 5) is 18.8. The van der Waals surface area contributed by atoms with Crippen LogP contribution in [0, 0.1) is 10.5 Å². The summed E-state index contributed by atoms with van der Waals surface area (Å²) in [5, 5.41) is 8.85. The number of hydrogen-bond donors (Lipinski definition) is 1. The van der Waals surface area contributed by atoms with Gasteiger partial charge in [0.2, 0.25) is 0 Å². The first-order valence-corrected chi connectivity index (χ1v) is 6.13. The van der Waals surface area contributed by atoms with Crippen molar-refractivity contribution >= 4 is 28.6 Å². The molecule has 0 bridgehead atoms. The molecule has 0 unspecified atom stereocenters. The quantitative estimate of drug-likeness (QED) is 0.857. The van der Waals surface area contributed by atoms with Crippen LogP contribution in [0.2, 0.25) is 0 Å². The minimum absolute atomic E-state index is 0.225. The Bertz CT molecular complexity index is 584. The predicted octanol–water partition coefficient (Wildman–Crippen LogP) is 2.88. The molecule has 0 aliphatic carbocycles. The van der Waals surface area contributed by atoms with Gasteiger partial charge in [-0.3, -0.25) is 0 Å². The number of hydrogen-bond acceptors (Lipinski definition) is 4. The molecule has 1 aromatic heterocycles. The van der Waals surface area contributed by atoms with Crippen molar-refractivity contribution in [3.05, 3.63) is 45.3 Å². The number of carboxylic acids is 1. The maximum Gasteiger partial charge on any atom is 0.335 e. The topological polar surface area (TPSA) is 72.3 Å². The second kappa shape index (κ2) is 5.30. The van der Waals surface area contributed by atoms with Gasteiger partial charge in [0.1, 0.15) is 5.75 Å². The summed E-state index contributed by atoms with van der Waals surface area (Å²) in [6.07, 6.45) is 3.29. The van der Waals surface area contributed by atoms with Gasteiger partial charge in [-0.15, -0.1) is 0 Å². The Balaban J connectivity index is 2.24. The average molecular weight is 356 g/mol. The van der Waals surface area contributed by atoms with E-state index in [1.165, 1.54) is 6.07 Å². The number of benzene rings is 1. The van der Waals surface area contributed by atoms with Crippen molar-refractivity contribution < 1.29 is 14.6 Å². The van der Waals surface area contributed by atoms with Gasteiger partial charge in [0, 0.05) is 16.0 Å². The van der Waals surface area contributed by atoms with Crippen molar-refractivity contribution in [3.8, 4) is 11.8 Å². The summed E-state index contributed by atoms with van der Waals surface area (Å²) in [6.45, 7) is 1.77. The van der Waals surface area contributed by atoms with Crippen molar-refractivity contribution in [3.63, 3.8) is 0 Å². The Kier molecular flexibility index (Phi) is 3.75. The molecule has 0 spiro atoms. The normalized spacial score (nSPS) is 10.1. The van der Waals surface area contributed by atoms with Gasteiger partial charge in [0.05, 0.1) is 5.56 Å². The molecular weight excluding hydrogens is 347 g/mol. The van der Waals surface area contributed by atoms with Crippen LogP contribution >= 0.6 is 22.6 Å². The van der Waals surface area contributed by atoms with E-state index in [2.05, 4.69) is 32.6 Å². The lowest BCUT2D eigenvalue weighted by Crippen LogP contribution is -1.98. The molecule has 0 amide bonds. The van der Waals surface area contributed by atoms with Gasteiger partial charge in [-0.1, -0.05) is 0 Å². The molecule has 2 rings (SSSR count). The fourth-order valence-corrected chi connectivity index (χ4v) is 1.63. The first-order valence-electron chi connectivity index (χ1n) is 5.05. The molecule has 0 aliphatic rings. The van der Waals surface area contributed by atoms with E-state index >= 15 is 0 Å². The molecule has 0 fully saturated rings. The van der Waals surface area contributed by atoms with Gasteiger partial charge in [-0.25, -0.2) is 14.8 Å². The molecule has 0 radical (unpaired) electrons. The van der Waals surface area contributed by atoms with Crippen molar-refractivity contribution in [1.82, 2.24) is 9.97 Å². The molecule has 1 heterocycles. The molecule has 5 nitrogen and oxygen atoms in total. The van der Waals surface area contributed by atoms with Crippen molar-refractivity contribution in [2.75, 3.05) is 0 Å². The third-order valence-corrected chi connectivity index (χ3v) is 2.78. The lowest BCUT2D eigenvalue weighted by atomic mass is 10.1. The number of carboxylic acid groups (broad SMARTS) is 1. The van der Waals surface area contributed by atoms with Crippen LogP contribution in [-0.4, -0.2) is 21.0 Å². The van der Waals surface area contributed by atoms with Gasteiger partial charge in [-0.05, 0) is 53.3 Å². The van der Waals surface area contributed by atoms with Gasteiger partial charge < -0.3 is 9.84 Å². The molecular formula is C12H9IN2O3. The van der Waals surface area contributed by atoms with E-state index in [0.29, 0.717) is 5.75 Å². The zero-order valence-electron chi connectivity index (χ0n) is 9.42. The highest BCUT2D eigenvalue weighted by molar-refractivity contribution is 14.1.